The molecule has 0 bridgehead atoms. The lowest BCUT2D eigenvalue weighted by molar-refractivity contribution is -0.104. The Kier molecular flexibility index (Phi) is 4.51. The molecular weight excluding hydrogens is 304 g/mol. The first kappa shape index (κ1) is 16.4. The summed E-state index contributed by atoms with van der Waals surface area (Å²) >= 11 is 0. The van der Waals surface area contributed by atoms with E-state index in [-0.39, 0.29) is 5.91 Å². The second kappa shape index (κ2) is 6.59. The Labute approximate surface area is 141 Å². The number of allylic oxidation sites excluding steroid dienone is 1. The molecule has 24 heavy (non-hydrogen) atoms. The van der Waals surface area contributed by atoms with Gasteiger partial charge in [-0.2, -0.15) is 5.43 Å². The maximum atomic E-state index is 12.5. The Morgan fingerprint density at radius 2 is 2.17 bits per heavy atom. The smallest absolute Gasteiger partial charge is 0.267 e. The van der Waals surface area contributed by atoms with Crippen molar-refractivity contribution in [2.24, 2.45) is 0 Å². The van der Waals surface area contributed by atoms with Gasteiger partial charge in [0, 0.05) is 11.9 Å². The van der Waals surface area contributed by atoms with Crippen LogP contribution < -0.4 is 10.9 Å². The van der Waals surface area contributed by atoms with Crippen molar-refractivity contribution in [3.63, 3.8) is 0 Å². The zero-order chi connectivity index (χ0) is 17.2. The Balaban J connectivity index is 1.74. The lowest BCUT2D eigenvalue weighted by atomic mass is 10.1. The summed E-state index contributed by atoms with van der Waals surface area (Å²) < 4.78 is 0. The third kappa shape index (κ3) is 3.39. The van der Waals surface area contributed by atoms with E-state index in [1.807, 2.05) is 42.6 Å². The van der Waals surface area contributed by atoms with Gasteiger partial charge in [-0.15, -0.1) is 0 Å². The number of aromatic nitrogens is 1. The van der Waals surface area contributed by atoms with Gasteiger partial charge in [0.25, 0.3) is 5.91 Å². The highest BCUT2D eigenvalue weighted by Gasteiger charge is 2.28. The molecule has 126 valence electrons. The van der Waals surface area contributed by atoms with Crippen LogP contribution in [0.5, 0.6) is 0 Å². The monoisotopic (exact) mass is 326 g/mol. The Hall–Kier alpha value is -2.44. The first-order valence-electron chi connectivity index (χ1n) is 8.07. The number of para-hydroxylation sites is 1. The molecule has 0 saturated carbocycles. The molecule has 3 N–H and O–H groups in total. The zero-order valence-corrected chi connectivity index (χ0v) is 13.9. The molecule has 0 aliphatic carbocycles. The number of hydrogen-bond acceptors (Lipinski definition) is 5. The highest BCUT2D eigenvalue weighted by molar-refractivity contribution is 5.98. The first-order chi connectivity index (χ1) is 11.5. The number of rotatable bonds is 4. The molecule has 0 spiro atoms. The van der Waals surface area contributed by atoms with Crippen molar-refractivity contribution in [1.82, 2.24) is 20.7 Å². The van der Waals surface area contributed by atoms with Crippen molar-refractivity contribution in [1.29, 1.82) is 0 Å². The highest BCUT2D eigenvalue weighted by atomic mass is 16.3. The lowest BCUT2D eigenvalue weighted by Gasteiger charge is -2.38. The second-order valence-electron chi connectivity index (χ2n) is 6.13. The summed E-state index contributed by atoms with van der Waals surface area (Å²) in [5, 5.41) is 11.4. The van der Waals surface area contributed by atoms with E-state index in [9.17, 15) is 9.90 Å². The minimum atomic E-state index is -1.36. The number of nitrogens with one attached hydrogen (secondary N) is 2. The van der Waals surface area contributed by atoms with Gasteiger partial charge in [0.15, 0.2) is 0 Å². The van der Waals surface area contributed by atoms with Crippen molar-refractivity contribution in [2.45, 2.75) is 32.5 Å². The van der Waals surface area contributed by atoms with Crippen molar-refractivity contribution in [3.8, 4) is 0 Å². The number of carbonyl (C=O) groups excluding carboxylic acids is 1. The normalized spacial score (nSPS) is 16.9. The van der Waals surface area contributed by atoms with Crippen LogP contribution >= 0.6 is 0 Å². The molecule has 1 aliphatic rings. The predicted molar refractivity (Wildman–Crippen MR) is 92.8 cm³/mol. The molecule has 3 rings (SSSR count). The molecule has 1 aromatic heterocycles. The molecule has 2 aromatic rings. The van der Waals surface area contributed by atoms with Crippen LogP contribution in [0.15, 0.2) is 42.6 Å². The summed E-state index contributed by atoms with van der Waals surface area (Å²) in [7, 11) is 0. The highest BCUT2D eigenvalue weighted by Crippen LogP contribution is 2.17. The van der Waals surface area contributed by atoms with E-state index in [0.29, 0.717) is 11.3 Å². The number of hydrazine groups is 1. The molecule has 1 aliphatic heterocycles. The van der Waals surface area contributed by atoms with Gasteiger partial charge in [-0.3, -0.25) is 15.2 Å². The minimum absolute atomic E-state index is 0.327. The van der Waals surface area contributed by atoms with Crippen molar-refractivity contribution >= 4 is 16.8 Å². The number of carbonyl (C=O) groups is 1. The summed E-state index contributed by atoms with van der Waals surface area (Å²) in [5.41, 5.74) is 7.27. The average molecular weight is 326 g/mol. The molecule has 1 atom stereocenters. The van der Waals surface area contributed by atoms with Crippen LogP contribution in [0.25, 0.3) is 10.9 Å². The van der Waals surface area contributed by atoms with Crippen LogP contribution in [0.1, 0.15) is 35.8 Å². The quantitative estimate of drug-likeness (QED) is 0.592. The van der Waals surface area contributed by atoms with E-state index in [0.717, 1.165) is 30.3 Å². The van der Waals surface area contributed by atoms with Crippen molar-refractivity contribution in [2.75, 3.05) is 6.54 Å². The number of amides is 1. The van der Waals surface area contributed by atoms with Crippen LogP contribution in [0.3, 0.4) is 0 Å². The van der Waals surface area contributed by atoms with Crippen molar-refractivity contribution in [3.05, 3.63) is 53.9 Å². The fraction of sp³-hybridized carbons (Fsp3) is 0.333. The molecule has 1 unspecified atom stereocenters. The van der Waals surface area contributed by atoms with Crippen LogP contribution in [0.4, 0.5) is 0 Å². The molecule has 0 fully saturated rings. The maximum absolute atomic E-state index is 12.5. The van der Waals surface area contributed by atoms with E-state index in [1.165, 1.54) is 0 Å². The van der Waals surface area contributed by atoms with Crippen LogP contribution in [-0.4, -0.2) is 33.3 Å². The molecular formula is C18H22N4O2. The summed E-state index contributed by atoms with van der Waals surface area (Å²) in [6.45, 7) is 4.13. The number of aliphatic hydroxyl groups is 1. The zero-order valence-electron chi connectivity index (χ0n) is 13.9. The third-order valence-electron chi connectivity index (χ3n) is 4.19. The summed E-state index contributed by atoms with van der Waals surface area (Å²) in [6.07, 6.45) is 5.81. The van der Waals surface area contributed by atoms with Gasteiger partial charge < -0.3 is 10.0 Å². The number of nitrogens with zero attached hydrogens (tertiary/aromatic N) is 2. The Morgan fingerprint density at radius 1 is 1.38 bits per heavy atom. The van der Waals surface area contributed by atoms with Gasteiger partial charge >= 0.3 is 0 Å². The van der Waals surface area contributed by atoms with E-state index in [1.54, 1.807) is 18.7 Å². The lowest BCUT2D eigenvalue weighted by Crippen LogP contribution is -2.61. The number of aryl methyl sites for hydroxylation is 1. The molecule has 6 nitrogen and oxygen atoms in total. The maximum Gasteiger partial charge on any atom is 0.267 e. The molecule has 1 aromatic carbocycles. The van der Waals surface area contributed by atoms with Gasteiger partial charge in [0.05, 0.1) is 16.8 Å². The van der Waals surface area contributed by atoms with Gasteiger partial charge in [0.1, 0.15) is 0 Å². The third-order valence-corrected chi connectivity index (χ3v) is 4.19. The predicted octanol–water partition coefficient (Wildman–Crippen LogP) is 2.05. The fourth-order valence-electron chi connectivity index (χ4n) is 2.78. The summed E-state index contributed by atoms with van der Waals surface area (Å²) in [6, 6.07) is 9.47. The van der Waals surface area contributed by atoms with E-state index >= 15 is 0 Å². The number of fused-ring (bicyclic) bond motifs is 1. The van der Waals surface area contributed by atoms with Gasteiger partial charge in [-0.25, -0.2) is 0 Å². The van der Waals surface area contributed by atoms with Gasteiger partial charge in [-0.05, 0) is 45.0 Å². The van der Waals surface area contributed by atoms with Crippen LogP contribution in [0, 0.1) is 6.92 Å². The minimum Gasteiger partial charge on any atom is -0.357 e. The topological polar surface area (TPSA) is 77.5 Å². The standard InChI is InChI=1S/C18H22N4O2/c1-13-15(12-14-8-4-5-9-16(14)19-13)17(23)20-21-18(2,24)22-10-6-3-7-11-22/h4-6,8-10,12,21,24H,3,7,11H2,1-2H3,(H,20,23). The second-order valence-corrected chi connectivity index (χ2v) is 6.13. The molecule has 2 heterocycles. The van der Waals surface area contributed by atoms with Crippen molar-refractivity contribution < 1.29 is 9.90 Å². The summed E-state index contributed by atoms with van der Waals surface area (Å²) in [4.78, 5) is 18.7. The Bertz CT molecular complexity index is 786. The molecule has 6 heteroatoms. The van der Waals surface area contributed by atoms with Crippen LogP contribution in [-0.2, 0) is 0 Å². The first-order valence-corrected chi connectivity index (χ1v) is 8.07. The number of benzene rings is 1. The molecule has 0 radical (unpaired) electrons. The number of hydrogen-bond donors (Lipinski definition) is 3. The Morgan fingerprint density at radius 3 is 2.92 bits per heavy atom. The summed E-state index contributed by atoms with van der Waals surface area (Å²) in [5.74, 6) is -1.68. The molecule has 0 saturated heterocycles. The molecule has 1 amide bonds. The van der Waals surface area contributed by atoms with Gasteiger partial charge in [0.2, 0.25) is 5.85 Å². The average Bonchev–Trinajstić information content (AvgIpc) is 2.60. The largest absolute Gasteiger partial charge is 0.357 e. The van der Waals surface area contributed by atoms with Gasteiger partial charge in [-0.1, -0.05) is 24.3 Å². The van der Waals surface area contributed by atoms with Crippen LogP contribution in [0.2, 0.25) is 0 Å². The fourth-order valence-corrected chi connectivity index (χ4v) is 2.78. The van der Waals surface area contributed by atoms with E-state index in [2.05, 4.69) is 15.8 Å². The van der Waals surface area contributed by atoms with E-state index < -0.39 is 5.85 Å². The number of pyridine rings is 1. The van der Waals surface area contributed by atoms with E-state index in [4.69, 9.17) is 0 Å². The SMILES string of the molecule is Cc1nc2ccccc2cc1C(=O)NNC(C)(O)N1C=CCCC1.